The van der Waals surface area contributed by atoms with Crippen LogP contribution in [0, 0.1) is 17.3 Å². The Labute approximate surface area is 192 Å². The maximum absolute atomic E-state index is 14.0. The van der Waals surface area contributed by atoms with Crippen molar-refractivity contribution in [2.45, 2.75) is 78.0 Å². The number of rotatable bonds is 5. The third kappa shape index (κ3) is 4.63. The molecule has 4 atom stereocenters. The van der Waals surface area contributed by atoms with Crippen LogP contribution in [0.1, 0.15) is 71.4 Å². The second kappa shape index (κ2) is 9.77. The Morgan fingerprint density at radius 3 is 2.44 bits per heavy atom. The Balaban J connectivity index is 2.17. The number of likely N-dealkylation sites (tertiary alicyclic amines) is 1. The van der Waals surface area contributed by atoms with Crippen LogP contribution in [0.25, 0.3) is 0 Å². The molecule has 7 heteroatoms. The van der Waals surface area contributed by atoms with Crippen LogP contribution in [0.4, 0.5) is 5.82 Å². The molecule has 0 aromatic carbocycles. The van der Waals surface area contributed by atoms with Crippen molar-refractivity contribution in [2.24, 2.45) is 17.3 Å². The Morgan fingerprint density at radius 2 is 1.88 bits per heavy atom. The Hall–Kier alpha value is -2.15. The molecule has 0 spiro atoms. The molecular formula is C25H39N3O4. The van der Waals surface area contributed by atoms with Gasteiger partial charge in [0.2, 0.25) is 5.91 Å². The van der Waals surface area contributed by atoms with Gasteiger partial charge in [-0.2, -0.15) is 0 Å². The molecule has 2 heterocycles. The molecule has 1 amide bonds. The fraction of sp³-hybridized carbons (Fsp3) is 0.720. The van der Waals surface area contributed by atoms with Gasteiger partial charge in [0.05, 0.1) is 18.8 Å². The van der Waals surface area contributed by atoms with Gasteiger partial charge in [-0.1, -0.05) is 46.1 Å². The lowest BCUT2D eigenvalue weighted by atomic mass is 9.73. The summed E-state index contributed by atoms with van der Waals surface area (Å²) in [5.41, 5.74) is 0.340. The highest BCUT2D eigenvalue weighted by Gasteiger charge is 2.59. The molecular weight excluding hydrogens is 406 g/mol. The van der Waals surface area contributed by atoms with Crippen molar-refractivity contribution in [1.29, 1.82) is 0 Å². The first-order valence-electron chi connectivity index (χ1n) is 11.9. The highest BCUT2D eigenvalue weighted by atomic mass is 16.5. The zero-order valence-corrected chi connectivity index (χ0v) is 20.4. The first-order chi connectivity index (χ1) is 15.1. The number of ether oxygens (including phenoxy) is 1. The fourth-order valence-electron chi connectivity index (χ4n) is 5.55. The largest absolute Gasteiger partial charge is 0.464 e. The fourth-order valence-corrected chi connectivity index (χ4v) is 5.55. The zero-order valence-electron chi connectivity index (χ0n) is 20.4. The van der Waals surface area contributed by atoms with Gasteiger partial charge in [0.15, 0.2) is 0 Å². The summed E-state index contributed by atoms with van der Waals surface area (Å²) in [5.74, 6) is -0.390. The van der Waals surface area contributed by atoms with Crippen LogP contribution in [0.5, 0.6) is 0 Å². The summed E-state index contributed by atoms with van der Waals surface area (Å²) in [6.45, 7) is 8.03. The number of aliphatic hydroxyl groups is 1. The number of carbonyl (C=O) groups excluding carboxylic acids is 2. The van der Waals surface area contributed by atoms with E-state index in [2.05, 4.69) is 4.98 Å². The molecule has 0 bridgehead atoms. The lowest BCUT2D eigenvalue weighted by molar-refractivity contribution is -0.158. The molecule has 1 aliphatic carbocycles. The SMILES string of the molecule is CCOC(=O)C1C(C(C)(C)C)C(O)C(c2cccnc2N(C)C)N1C(=O)C1CCCCC1. The topological polar surface area (TPSA) is 83.0 Å². The Morgan fingerprint density at radius 1 is 1.22 bits per heavy atom. The number of hydrogen-bond acceptors (Lipinski definition) is 6. The molecule has 3 rings (SSSR count). The van der Waals surface area contributed by atoms with Crippen molar-refractivity contribution in [3.63, 3.8) is 0 Å². The van der Waals surface area contributed by atoms with E-state index in [0.29, 0.717) is 5.82 Å². The van der Waals surface area contributed by atoms with E-state index in [1.165, 1.54) is 0 Å². The number of aromatic nitrogens is 1. The van der Waals surface area contributed by atoms with Crippen LogP contribution in [0.3, 0.4) is 0 Å². The predicted octanol–water partition coefficient (Wildman–Crippen LogP) is 3.57. The highest BCUT2D eigenvalue weighted by molar-refractivity contribution is 5.88. The number of aliphatic hydroxyl groups excluding tert-OH is 1. The van der Waals surface area contributed by atoms with E-state index >= 15 is 0 Å². The smallest absolute Gasteiger partial charge is 0.329 e. The summed E-state index contributed by atoms with van der Waals surface area (Å²) in [6.07, 6.45) is 5.59. The minimum absolute atomic E-state index is 0.0490. The quantitative estimate of drug-likeness (QED) is 0.698. The Kier molecular flexibility index (Phi) is 7.48. The van der Waals surface area contributed by atoms with E-state index in [0.717, 1.165) is 37.7 Å². The molecule has 7 nitrogen and oxygen atoms in total. The number of hydrogen-bond donors (Lipinski definition) is 1. The van der Waals surface area contributed by atoms with Crippen LogP contribution in [0.2, 0.25) is 0 Å². The Bertz CT molecular complexity index is 814. The van der Waals surface area contributed by atoms with Crippen LogP contribution in [0.15, 0.2) is 18.3 Å². The molecule has 2 fully saturated rings. The number of carbonyl (C=O) groups is 2. The number of nitrogens with zero attached hydrogens (tertiary/aromatic N) is 3. The highest BCUT2D eigenvalue weighted by Crippen LogP contribution is 2.50. The van der Waals surface area contributed by atoms with Crippen molar-refractivity contribution in [1.82, 2.24) is 9.88 Å². The molecule has 1 saturated carbocycles. The van der Waals surface area contributed by atoms with Crippen LogP contribution >= 0.6 is 0 Å². The van der Waals surface area contributed by atoms with Gasteiger partial charge in [-0.05, 0) is 31.2 Å². The summed E-state index contributed by atoms with van der Waals surface area (Å²) in [5, 5.41) is 11.7. The maximum atomic E-state index is 14.0. The molecule has 1 aromatic rings. The molecule has 4 unspecified atom stereocenters. The van der Waals surface area contributed by atoms with Gasteiger partial charge in [-0.25, -0.2) is 9.78 Å². The van der Waals surface area contributed by atoms with E-state index in [4.69, 9.17) is 4.74 Å². The number of pyridine rings is 1. The van der Waals surface area contributed by atoms with Crippen molar-refractivity contribution >= 4 is 17.7 Å². The second-order valence-electron chi connectivity index (χ2n) is 10.4. The normalized spacial score (nSPS) is 26.8. The predicted molar refractivity (Wildman–Crippen MR) is 124 cm³/mol. The number of amides is 1. The minimum Gasteiger partial charge on any atom is -0.464 e. The monoisotopic (exact) mass is 445 g/mol. The van der Waals surface area contributed by atoms with E-state index in [9.17, 15) is 14.7 Å². The minimum atomic E-state index is -0.917. The van der Waals surface area contributed by atoms with Gasteiger partial charge in [0, 0.05) is 37.7 Å². The second-order valence-corrected chi connectivity index (χ2v) is 10.4. The van der Waals surface area contributed by atoms with Gasteiger partial charge < -0.3 is 19.6 Å². The molecule has 0 radical (unpaired) electrons. The van der Waals surface area contributed by atoms with Crippen LogP contribution in [-0.4, -0.2) is 59.7 Å². The maximum Gasteiger partial charge on any atom is 0.329 e. The lowest BCUT2D eigenvalue weighted by Gasteiger charge is -2.36. The standard InChI is InChI=1S/C25H39N3O4/c1-7-32-24(31)20-18(25(2,3)4)21(29)19(17-14-11-15-26-22(17)27(5)6)28(20)23(30)16-12-9-8-10-13-16/h11,14-16,18-21,29H,7-10,12-13H2,1-6H3. The van der Waals surface area contributed by atoms with Crippen molar-refractivity contribution in [3.05, 3.63) is 23.9 Å². The molecule has 1 aromatic heterocycles. The molecule has 178 valence electrons. The lowest BCUT2D eigenvalue weighted by Crippen LogP contribution is -2.49. The average molecular weight is 446 g/mol. The number of esters is 1. The zero-order chi connectivity index (χ0) is 23.6. The van der Waals surface area contributed by atoms with E-state index < -0.39 is 35.5 Å². The number of anilines is 1. The van der Waals surface area contributed by atoms with E-state index in [1.54, 1.807) is 18.0 Å². The molecule has 1 saturated heterocycles. The summed E-state index contributed by atoms with van der Waals surface area (Å²) in [7, 11) is 3.79. The molecule has 1 N–H and O–H groups in total. The van der Waals surface area contributed by atoms with Crippen LogP contribution in [-0.2, 0) is 14.3 Å². The van der Waals surface area contributed by atoms with Gasteiger partial charge >= 0.3 is 5.97 Å². The van der Waals surface area contributed by atoms with Crippen molar-refractivity contribution < 1.29 is 19.4 Å². The van der Waals surface area contributed by atoms with E-state index in [1.807, 2.05) is 51.9 Å². The molecule has 2 aliphatic rings. The van der Waals surface area contributed by atoms with Crippen molar-refractivity contribution in [3.8, 4) is 0 Å². The van der Waals surface area contributed by atoms with Gasteiger partial charge in [0.1, 0.15) is 11.9 Å². The van der Waals surface area contributed by atoms with E-state index in [-0.39, 0.29) is 18.4 Å². The first kappa shape index (κ1) is 24.5. The summed E-state index contributed by atoms with van der Waals surface area (Å²) < 4.78 is 5.46. The third-order valence-electron chi connectivity index (χ3n) is 6.93. The average Bonchev–Trinajstić information content (AvgIpc) is 3.07. The van der Waals surface area contributed by atoms with Gasteiger partial charge in [-0.3, -0.25) is 4.79 Å². The first-order valence-corrected chi connectivity index (χ1v) is 11.9. The molecule has 32 heavy (non-hydrogen) atoms. The van der Waals surface area contributed by atoms with Crippen LogP contribution < -0.4 is 4.90 Å². The third-order valence-corrected chi connectivity index (χ3v) is 6.93. The van der Waals surface area contributed by atoms with Crippen molar-refractivity contribution in [2.75, 3.05) is 25.6 Å². The van der Waals surface area contributed by atoms with Gasteiger partial charge in [0.25, 0.3) is 0 Å². The summed E-state index contributed by atoms with van der Waals surface area (Å²) in [6, 6.07) is 2.24. The summed E-state index contributed by atoms with van der Waals surface area (Å²) in [4.78, 5) is 35.3. The van der Waals surface area contributed by atoms with Gasteiger partial charge in [-0.15, -0.1) is 0 Å². The molecule has 1 aliphatic heterocycles. The summed E-state index contributed by atoms with van der Waals surface area (Å²) >= 11 is 0.